The number of halogens is 1. The molecule has 2 amide bonds. The number of amides is 2. The molecule has 5 N–H and O–H groups in total. The van der Waals surface area contributed by atoms with E-state index in [0.717, 1.165) is 11.0 Å². The van der Waals surface area contributed by atoms with Crippen LogP contribution in [-0.2, 0) is 9.59 Å². The number of hydrogen-bond acceptors (Lipinski definition) is 4. The van der Waals surface area contributed by atoms with Crippen molar-refractivity contribution in [1.82, 2.24) is 0 Å². The highest BCUT2D eigenvalue weighted by Gasteiger charge is 2.21. The lowest BCUT2D eigenvalue weighted by atomic mass is 10.1. The minimum Gasteiger partial charge on any atom is -0.389 e. The molecular weight excluding hydrogens is 253 g/mol. The largest absolute Gasteiger partial charge is 0.389 e. The Labute approximate surface area is 109 Å². The van der Waals surface area contributed by atoms with Gasteiger partial charge in [-0.15, -0.1) is 0 Å². The average Bonchev–Trinajstić information content (AvgIpc) is 2.26. The van der Waals surface area contributed by atoms with E-state index >= 15 is 0 Å². The first kappa shape index (κ1) is 14.9. The van der Waals surface area contributed by atoms with Gasteiger partial charge in [0, 0.05) is 5.56 Å². The summed E-state index contributed by atoms with van der Waals surface area (Å²) in [6.45, 7) is 0.707. The topological polar surface area (TPSA) is 110 Å². The third-order valence-corrected chi connectivity index (χ3v) is 2.48. The van der Waals surface area contributed by atoms with E-state index in [9.17, 15) is 19.1 Å². The molecule has 1 atom stereocenters. The molecule has 0 radical (unpaired) electrons. The maximum atomic E-state index is 13.9. The first-order valence-electron chi connectivity index (χ1n) is 5.61. The molecule has 6 nitrogen and oxygen atoms in total. The second kappa shape index (κ2) is 6.14. The molecule has 1 rings (SSSR count). The number of benzene rings is 1. The molecule has 19 heavy (non-hydrogen) atoms. The van der Waals surface area contributed by atoms with Crippen molar-refractivity contribution in [2.24, 2.45) is 11.5 Å². The monoisotopic (exact) mass is 269 g/mol. The normalized spacial score (nSPS) is 11.9. The highest BCUT2D eigenvalue weighted by atomic mass is 19.1. The summed E-state index contributed by atoms with van der Waals surface area (Å²) in [4.78, 5) is 23.1. The zero-order valence-corrected chi connectivity index (χ0v) is 10.5. The Kier molecular flexibility index (Phi) is 4.82. The van der Waals surface area contributed by atoms with Crippen molar-refractivity contribution in [1.29, 1.82) is 0 Å². The molecule has 0 fully saturated rings. The Morgan fingerprint density at radius 3 is 2.26 bits per heavy atom. The Balaban J connectivity index is 3.27. The van der Waals surface area contributed by atoms with Crippen LogP contribution >= 0.6 is 0 Å². The van der Waals surface area contributed by atoms with Gasteiger partial charge in [-0.2, -0.15) is 0 Å². The van der Waals surface area contributed by atoms with Crippen LogP contribution in [0.3, 0.4) is 0 Å². The third kappa shape index (κ3) is 3.92. The van der Waals surface area contributed by atoms with Gasteiger partial charge in [-0.1, -0.05) is 12.1 Å². The summed E-state index contributed by atoms with van der Waals surface area (Å²) in [5.41, 5.74) is 10.3. The first-order valence-corrected chi connectivity index (χ1v) is 5.61. The molecular formula is C12H16FN3O3. The van der Waals surface area contributed by atoms with Crippen LogP contribution < -0.4 is 16.4 Å². The van der Waals surface area contributed by atoms with Crippen LogP contribution in [0, 0.1) is 5.82 Å². The smallest absolute Gasteiger partial charge is 0.236 e. The van der Waals surface area contributed by atoms with Crippen molar-refractivity contribution < 1.29 is 19.1 Å². The van der Waals surface area contributed by atoms with Crippen molar-refractivity contribution in [2.75, 3.05) is 18.0 Å². The lowest BCUT2D eigenvalue weighted by molar-refractivity contribution is -0.117. The van der Waals surface area contributed by atoms with Gasteiger partial charge >= 0.3 is 0 Å². The second-order valence-corrected chi connectivity index (χ2v) is 4.14. The summed E-state index contributed by atoms with van der Waals surface area (Å²) in [5.74, 6) is -2.14. The number of anilines is 1. The molecule has 0 aliphatic carbocycles. The molecule has 0 spiro atoms. The molecule has 7 heteroatoms. The van der Waals surface area contributed by atoms with Crippen LogP contribution in [-0.4, -0.2) is 30.0 Å². The van der Waals surface area contributed by atoms with Gasteiger partial charge in [0.15, 0.2) is 0 Å². The van der Waals surface area contributed by atoms with Gasteiger partial charge in [0.2, 0.25) is 11.8 Å². The highest BCUT2D eigenvalue weighted by molar-refractivity contribution is 5.85. The van der Waals surface area contributed by atoms with Crippen molar-refractivity contribution in [3.8, 4) is 0 Å². The van der Waals surface area contributed by atoms with Crippen LogP contribution in [0.1, 0.15) is 18.6 Å². The van der Waals surface area contributed by atoms with Gasteiger partial charge in [0.05, 0.1) is 24.9 Å². The molecule has 0 unspecified atom stereocenters. The molecule has 1 aromatic rings. The fourth-order valence-electron chi connectivity index (χ4n) is 1.79. The zero-order chi connectivity index (χ0) is 14.6. The van der Waals surface area contributed by atoms with Crippen LogP contribution in [0.25, 0.3) is 0 Å². The first-order chi connectivity index (χ1) is 8.82. The number of carbonyl (C=O) groups excluding carboxylic acids is 2. The standard InChI is InChI=1S/C12H16FN3O3/c1-7(17)8-3-2-4-9(13)12(8)16(5-10(14)18)6-11(15)19/h2-4,7,17H,5-6H2,1H3,(H2,14,18)(H2,15,19)/t7-/m1/s1. The van der Waals surface area contributed by atoms with E-state index in [4.69, 9.17) is 11.5 Å². The van der Waals surface area contributed by atoms with Crippen molar-refractivity contribution in [3.05, 3.63) is 29.6 Å². The van der Waals surface area contributed by atoms with E-state index < -0.39 is 23.7 Å². The molecule has 1 aromatic carbocycles. The Morgan fingerprint density at radius 1 is 1.32 bits per heavy atom. The van der Waals surface area contributed by atoms with E-state index in [1.165, 1.54) is 19.1 Å². The van der Waals surface area contributed by atoms with Gasteiger partial charge < -0.3 is 21.5 Å². The molecule has 0 heterocycles. The number of para-hydroxylation sites is 1. The fraction of sp³-hybridized carbons (Fsp3) is 0.333. The number of primary amides is 2. The lowest BCUT2D eigenvalue weighted by Crippen LogP contribution is -2.40. The minimum absolute atomic E-state index is 0.0462. The fourth-order valence-corrected chi connectivity index (χ4v) is 1.79. The maximum Gasteiger partial charge on any atom is 0.236 e. The number of nitrogens with zero attached hydrogens (tertiary/aromatic N) is 1. The van der Waals surface area contributed by atoms with Crippen LogP contribution in [0.2, 0.25) is 0 Å². The molecule has 0 aliphatic rings. The second-order valence-electron chi connectivity index (χ2n) is 4.14. The van der Waals surface area contributed by atoms with Gasteiger partial charge in [-0.3, -0.25) is 9.59 Å². The van der Waals surface area contributed by atoms with E-state index in [2.05, 4.69) is 0 Å². The van der Waals surface area contributed by atoms with Crippen molar-refractivity contribution in [2.45, 2.75) is 13.0 Å². The number of nitrogens with two attached hydrogens (primary N) is 2. The summed E-state index contributed by atoms with van der Waals surface area (Å²) in [7, 11) is 0. The Bertz CT molecular complexity index is 475. The van der Waals surface area contributed by atoms with Crippen molar-refractivity contribution in [3.63, 3.8) is 0 Å². The predicted molar refractivity (Wildman–Crippen MR) is 67.6 cm³/mol. The quantitative estimate of drug-likeness (QED) is 0.656. The van der Waals surface area contributed by atoms with Gasteiger partial charge in [-0.05, 0) is 13.0 Å². The average molecular weight is 269 g/mol. The van der Waals surface area contributed by atoms with Crippen LogP contribution in [0.15, 0.2) is 18.2 Å². The number of aliphatic hydroxyl groups is 1. The lowest BCUT2D eigenvalue weighted by Gasteiger charge is -2.25. The van der Waals surface area contributed by atoms with Crippen LogP contribution in [0.5, 0.6) is 0 Å². The van der Waals surface area contributed by atoms with Gasteiger partial charge in [0.25, 0.3) is 0 Å². The van der Waals surface area contributed by atoms with E-state index in [-0.39, 0.29) is 24.3 Å². The number of rotatable bonds is 6. The third-order valence-electron chi connectivity index (χ3n) is 2.48. The summed E-state index contributed by atoms with van der Waals surface area (Å²) < 4.78 is 13.9. The van der Waals surface area contributed by atoms with E-state index in [1.54, 1.807) is 0 Å². The Morgan fingerprint density at radius 2 is 1.84 bits per heavy atom. The van der Waals surface area contributed by atoms with Crippen molar-refractivity contribution >= 4 is 17.5 Å². The van der Waals surface area contributed by atoms with Gasteiger partial charge in [-0.25, -0.2) is 4.39 Å². The van der Waals surface area contributed by atoms with E-state index in [1.807, 2.05) is 0 Å². The number of hydrogen-bond donors (Lipinski definition) is 3. The summed E-state index contributed by atoms with van der Waals surface area (Å²) in [6.07, 6.45) is -0.964. The summed E-state index contributed by atoms with van der Waals surface area (Å²) >= 11 is 0. The van der Waals surface area contributed by atoms with Crippen LogP contribution in [0.4, 0.5) is 10.1 Å². The maximum absolute atomic E-state index is 13.9. The predicted octanol–water partition coefficient (Wildman–Crippen LogP) is -0.344. The van der Waals surface area contributed by atoms with E-state index in [0.29, 0.717) is 0 Å². The molecule has 104 valence electrons. The highest BCUT2D eigenvalue weighted by Crippen LogP contribution is 2.29. The molecule has 0 aromatic heterocycles. The number of aliphatic hydroxyl groups excluding tert-OH is 1. The molecule has 0 bridgehead atoms. The number of carbonyl (C=O) groups is 2. The summed E-state index contributed by atoms with van der Waals surface area (Å²) in [5, 5.41) is 9.62. The minimum atomic E-state index is -0.964. The Hall–Kier alpha value is -2.15. The van der Waals surface area contributed by atoms with Gasteiger partial charge in [0.1, 0.15) is 5.82 Å². The molecule has 0 aliphatic heterocycles. The zero-order valence-electron chi connectivity index (χ0n) is 10.5. The summed E-state index contributed by atoms with van der Waals surface area (Å²) in [6, 6.07) is 4.09. The SMILES string of the molecule is C[C@@H](O)c1cccc(F)c1N(CC(N)=O)CC(N)=O. The molecule has 0 saturated carbocycles. The molecule has 0 saturated heterocycles.